The highest BCUT2D eigenvalue weighted by Crippen LogP contribution is 2.34. The summed E-state index contributed by atoms with van der Waals surface area (Å²) in [6, 6.07) is 10.1. The first-order valence-electron chi connectivity index (χ1n) is 8.43. The van der Waals surface area contributed by atoms with Crippen molar-refractivity contribution in [2.75, 3.05) is 19.4 Å². The molecule has 0 saturated heterocycles. The Morgan fingerprint density at radius 3 is 2.67 bits per heavy atom. The minimum Gasteiger partial charge on any atom is -0.502 e. The maximum atomic E-state index is 13.9. The van der Waals surface area contributed by atoms with Gasteiger partial charge >= 0.3 is 0 Å². The maximum Gasteiger partial charge on any atom is 0.194 e. The molecule has 0 fully saturated rings. The summed E-state index contributed by atoms with van der Waals surface area (Å²) in [7, 11) is -0.904. The Labute approximate surface area is 156 Å². The molecule has 0 spiro atoms. The molecule has 1 aromatic heterocycles. The summed E-state index contributed by atoms with van der Waals surface area (Å²) >= 11 is 0. The van der Waals surface area contributed by atoms with Gasteiger partial charge in [-0.3, -0.25) is 0 Å². The molecule has 8 heteroatoms. The van der Waals surface area contributed by atoms with Crippen molar-refractivity contribution in [1.82, 2.24) is 9.78 Å². The van der Waals surface area contributed by atoms with Crippen LogP contribution < -0.4 is 4.74 Å². The van der Waals surface area contributed by atoms with E-state index in [4.69, 9.17) is 4.74 Å². The van der Waals surface area contributed by atoms with Crippen LogP contribution in [0.2, 0.25) is 0 Å². The zero-order valence-corrected chi connectivity index (χ0v) is 15.4. The van der Waals surface area contributed by atoms with Crippen LogP contribution in [-0.4, -0.2) is 38.5 Å². The SMILES string of the molecule is COc1cc(-c2cnn(-c3ccc(S4(=O)=NCCC4)cc3)c2)cc(F)c1O. The number of nitrogens with zero attached hydrogens (tertiary/aromatic N) is 3. The summed E-state index contributed by atoms with van der Waals surface area (Å²) in [6.45, 7) is 0.649. The van der Waals surface area contributed by atoms with Crippen LogP contribution in [0, 0.1) is 5.82 Å². The van der Waals surface area contributed by atoms with Crippen molar-refractivity contribution in [3.05, 3.63) is 54.6 Å². The van der Waals surface area contributed by atoms with Gasteiger partial charge in [0.25, 0.3) is 0 Å². The van der Waals surface area contributed by atoms with Crippen LogP contribution in [0.15, 0.2) is 58.1 Å². The average Bonchev–Trinajstić information content (AvgIpc) is 3.34. The van der Waals surface area contributed by atoms with Crippen molar-refractivity contribution in [2.45, 2.75) is 11.3 Å². The van der Waals surface area contributed by atoms with Crippen LogP contribution >= 0.6 is 0 Å². The number of methoxy groups -OCH3 is 1. The summed E-state index contributed by atoms with van der Waals surface area (Å²) in [5.74, 6) is -0.612. The first-order valence-corrected chi connectivity index (χ1v) is 10.1. The second-order valence-corrected chi connectivity index (χ2v) is 8.65. The van der Waals surface area contributed by atoms with E-state index in [2.05, 4.69) is 9.46 Å². The average molecular weight is 387 g/mol. The van der Waals surface area contributed by atoms with Gasteiger partial charge in [-0.25, -0.2) is 17.6 Å². The number of phenols is 1. The number of aromatic hydroxyl groups is 1. The van der Waals surface area contributed by atoms with E-state index in [0.29, 0.717) is 23.4 Å². The highest BCUT2D eigenvalue weighted by molar-refractivity contribution is 7.93. The summed E-state index contributed by atoms with van der Waals surface area (Å²) in [4.78, 5) is 0.737. The fourth-order valence-corrected chi connectivity index (χ4v) is 5.07. The molecule has 3 aromatic rings. The third kappa shape index (κ3) is 3.16. The second-order valence-electron chi connectivity index (χ2n) is 6.23. The molecule has 1 atom stereocenters. The van der Waals surface area contributed by atoms with Gasteiger partial charge in [0, 0.05) is 29.0 Å². The monoisotopic (exact) mass is 387 g/mol. The minimum absolute atomic E-state index is 0.0612. The fraction of sp³-hybridized carbons (Fsp3) is 0.211. The Hall–Kier alpha value is -2.87. The van der Waals surface area contributed by atoms with Gasteiger partial charge in [-0.2, -0.15) is 5.10 Å². The molecular formula is C19H18FN3O3S. The van der Waals surface area contributed by atoms with Gasteiger partial charge in [-0.1, -0.05) is 0 Å². The van der Waals surface area contributed by atoms with Crippen molar-refractivity contribution in [3.63, 3.8) is 0 Å². The van der Waals surface area contributed by atoms with Gasteiger partial charge in [0.2, 0.25) is 0 Å². The fourth-order valence-electron chi connectivity index (χ4n) is 3.05. The Bertz CT molecular complexity index is 1120. The molecule has 2 heterocycles. The molecule has 27 heavy (non-hydrogen) atoms. The number of hydrogen-bond acceptors (Lipinski definition) is 5. The molecule has 1 aliphatic heterocycles. The van der Waals surface area contributed by atoms with Crippen LogP contribution in [0.5, 0.6) is 11.5 Å². The van der Waals surface area contributed by atoms with Crippen molar-refractivity contribution >= 4 is 9.73 Å². The molecule has 1 unspecified atom stereocenters. The summed E-state index contributed by atoms with van der Waals surface area (Å²) in [5.41, 5.74) is 2.00. The van der Waals surface area contributed by atoms with E-state index in [1.54, 1.807) is 23.1 Å². The molecule has 0 bridgehead atoms. The van der Waals surface area contributed by atoms with Crippen LogP contribution in [0.25, 0.3) is 16.8 Å². The third-order valence-electron chi connectivity index (χ3n) is 4.51. The number of hydrogen-bond donors (Lipinski definition) is 1. The lowest BCUT2D eigenvalue weighted by Gasteiger charge is -2.07. The topological polar surface area (TPSA) is 76.7 Å². The second kappa shape index (κ2) is 6.70. The van der Waals surface area contributed by atoms with E-state index in [-0.39, 0.29) is 5.75 Å². The summed E-state index contributed by atoms with van der Waals surface area (Å²) in [5, 5.41) is 13.9. The van der Waals surface area contributed by atoms with Crippen molar-refractivity contribution in [1.29, 1.82) is 0 Å². The third-order valence-corrected chi connectivity index (χ3v) is 6.96. The zero-order valence-electron chi connectivity index (χ0n) is 14.6. The standard InChI is InChI=1S/C19H18FN3O3S/c1-26-18-10-13(9-17(20)19(18)24)14-11-21-23(12-14)15-3-5-16(6-4-15)27(25)8-2-7-22-27/h3-6,9-12,24H,2,7-8H2,1H3. The smallest absolute Gasteiger partial charge is 0.194 e. The van der Waals surface area contributed by atoms with Crippen molar-refractivity contribution < 1.29 is 18.4 Å². The first kappa shape index (κ1) is 17.5. The van der Waals surface area contributed by atoms with E-state index in [1.807, 2.05) is 24.3 Å². The van der Waals surface area contributed by atoms with E-state index in [9.17, 15) is 13.7 Å². The van der Waals surface area contributed by atoms with E-state index < -0.39 is 21.3 Å². The van der Waals surface area contributed by atoms with Gasteiger partial charge in [0.1, 0.15) is 0 Å². The summed E-state index contributed by atoms with van der Waals surface area (Å²) < 4.78 is 37.5. The molecular weight excluding hydrogens is 369 g/mol. The molecule has 1 aliphatic rings. The lowest BCUT2D eigenvalue weighted by Crippen LogP contribution is -2.02. The normalized spacial score (nSPS) is 19.0. The predicted octanol–water partition coefficient (Wildman–Crippen LogP) is 3.62. The molecule has 0 amide bonds. The van der Waals surface area contributed by atoms with Crippen LogP contribution in [0.4, 0.5) is 4.39 Å². The van der Waals surface area contributed by atoms with Crippen molar-refractivity contribution in [3.8, 4) is 28.3 Å². The highest BCUT2D eigenvalue weighted by Gasteiger charge is 2.17. The Morgan fingerprint density at radius 2 is 2.00 bits per heavy atom. The number of ether oxygens (including phenoxy) is 1. The minimum atomic E-state index is -2.27. The van der Waals surface area contributed by atoms with Crippen molar-refractivity contribution in [2.24, 2.45) is 4.36 Å². The van der Waals surface area contributed by atoms with Gasteiger partial charge in [-0.15, -0.1) is 0 Å². The van der Waals surface area contributed by atoms with E-state index in [1.165, 1.54) is 13.2 Å². The maximum absolute atomic E-state index is 13.9. The molecule has 140 valence electrons. The zero-order chi connectivity index (χ0) is 19.0. The van der Waals surface area contributed by atoms with E-state index >= 15 is 0 Å². The Kier molecular flexibility index (Phi) is 4.35. The molecule has 4 rings (SSSR count). The van der Waals surface area contributed by atoms with Gasteiger partial charge in [0.05, 0.1) is 28.7 Å². The number of aromatic nitrogens is 2. The van der Waals surface area contributed by atoms with Gasteiger partial charge in [-0.05, 0) is 48.4 Å². The lowest BCUT2D eigenvalue weighted by molar-refractivity contribution is 0.357. The van der Waals surface area contributed by atoms with Crippen LogP contribution in [-0.2, 0) is 9.73 Å². The Morgan fingerprint density at radius 1 is 1.22 bits per heavy atom. The number of phenolic OH excluding ortho intramolecular Hbond substituents is 1. The quantitative estimate of drug-likeness (QED) is 0.742. The molecule has 0 radical (unpaired) electrons. The number of halogens is 1. The number of benzene rings is 2. The summed E-state index contributed by atoms with van der Waals surface area (Å²) in [6.07, 6.45) is 4.21. The van der Waals surface area contributed by atoms with Gasteiger partial charge < -0.3 is 9.84 Å². The van der Waals surface area contributed by atoms with Gasteiger partial charge in [0.15, 0.2) is 17.3 Å². The van der Waals surface area contributed by atoms with Crippen LogP contribution in [0.1, 0.15) is 6.42 Å². The molecule has 0 aliphatic carbocycles. The largest absolute Gasteiger partial charge is 0.502 e. The first-order chi connectivity index (χ1) is 13.0. The van der Waals surface area contributed by atoms with E-state index in [0.717, 1.165) is 17.0 Å². The molecule has 1 N–H and O–H groups in total. The molecule has 6 nitrogen and oxygen atoms in total. The molecule has 2 aromatic carbocycles. The lowest BCUT2D eigenvalue weighted by atomic mass is 10.1. The Balaban J connectivity index is 1.65. The highest BCUT2D eigenvalue weighted by atomic mass is 32.2. The predicted molar refractivity (Wildman–Crippen MR) is 100 cm³/mol. The molecule has 0 saturated carbocycles. The van der Waals surface area contributed by atoms with Crippen LogP contribution in [0.3, 0.4) is 0 Å². The number of rotatable bonds is 4.